The van der Waals surface area contributed by atoms with E-state index in [1.54, 1.807) is 11.3 Å². The van der Waals surface area contributed by atoms with E-state index in [4.69, 9.17) is 4.99 Å². The van der Waals surface area contributed by atoms with Gasteiger partial charge in [0.25, 0.3) is 0 Å². The lowest BCUT2D eigenvalue weighted by molar-refractivity contribution is 0.124. The summed E-state index contributed by atoms with van der Waals surface area (Å²) >= 11 is 1.76. The van der Waals surface area contributed by atoms with Crippen molar-refractivity contribution in [2.75, 3.05) is 52.4 Å². The van der Waals surface area contributed by atoms with Crippen LogP contribution >= 0.6 is 35.3 Å². The van der Waals surface area contributed by atoms with Crippen LogP contribution in [-0.2, 0) is 13.0 Å². The van der Waals surface area contributed by atoms with Crippen LogP contribution in [0.5, 0.6) is 0 Å². The Kier molecular flexibility index (Phi) is 12.5. The summed E-state index contributed by atoms with van der Waals surface area (Å²) in [4.78, 5) is 15.6. The summed E-state index contributed by atoms with van der Waals surface area (Å²) in [5.41, 5.74) is 0. The smallest absolute Gasteiger partial charge is 0.191 e. The molecule has 0 amide bonds. The number of nitrogens with zero attached hydrogens (tertiary/aromatic N) is 4. The fourth-order valence-corrected chi connectivity index (χ4v) is 3.92. The van der Waals surface area contributed by atoms with Gasteiger partial charge in [0, 0.05) is 56.9 Å². The van der Waals surface area contributed by atoms with Crippen LogP contribution in [-0.4, -0.2) is 73.1 Å². The number of piperazine rings is 1. The molecule has 0 aliphatic carbocycles. The van der Waals surface area contributed by atoms with Crippen molar-refractivity contribution >= 4 is 41.3 Å². The minimum absolute atomic E-state index is 0. The Morgan fingerprint density at radius 1 is 1.19 bits per heavy atom. The Hall–Kier alpha value is -0.450. The number of aromatic nitrogens is 1. The van der Waals surface area contributed by atoms with E-state index in [0.29, 0.717) is 12.5 Å². The van der Waals surface area contributed by atoms with Crippen molar-refractivity contribution in [3.8, 4) is 0 Å². The number of halogens is 1. The lowest BCUT2D eigenvalue weighted by Gasteiger charge is -2.35. The second-order valence-corrected chi connectivity index (χ2v) is 8.19. The molecule has 6 nitrogen and oxygen atoms in total. The van der Waals surface area contributed by atoms with Gasteiger partial charge in [-0.25, -0.2) is 9.98 Å². The minimum atomic E-state index is 0. The van der Waals surface area contributed by atoms with Crippen molar-refractivity contribution in [1.82, 2.24) is 25.4 Å². The van der Waals surface area contributed by atoms with E-state index in [0.717, 1.165) is 37.0 Å². The molecule has 0 spiro atoms. The zero-order valence-electron chi connectivity index (χ0n) is 17.3. The van der Waals surface area contributed by atoms with Crippen molar-refractivity contribution in [2.45, 2.75) is 40.7 Å². The highest BCUT2D eigenvalue weighted by atomic mass is 127. The monoisotopic (exact) mass is 508 g/mol. The normalized spacial score (nSPS) is 17.4. The first-order chi connectivity index (χ1) is 12.6. The van der Waals surface area contributed by atoms with Crippen molar-refractivity contribution < 1.29 is 0 Å². The largest absolute Gasteiger partial charge is 0.357 e. The molecule has 0 radical (unpaired) electrons. The highest BCUT2D eigenvalue weighted by Gasteiger charge is 2.17. The van der Waals surface area contributed by atoms with Gasteiger partial charge in [-0.15, -0.1) is 35.3 Å². The van der Waals surface area contributed by atoms with Crippen LogP contribution in [0.25, 0.3) is 0 Å². The molecule has 27 heavy (non-hydrogen) atoms. The second-order valence-electron chi connectivity index (χ2n) is 6.99. The quantitative estimate of drug-likeness (QED) is 0.305. The van der Waals surface area contributed by atoms with Crippen LogP contribution in [0.3, 0.4) is 0 Å². The zero-order valence-corrected chi connectivity index (χ0v) is 20.5. The van der Waals surface area contributed by atoms with Gasteiger partial charge in [0.15, 0.2) is 5.96 Å². The molecule has 2 heterocycles. The topological polar surface area (TPSA) is 55.8 Å². The summed E-state index contributed by atoms with van der Waals surface area (Å²) in [6.45, 7) is 18.4. The Balaban J connectivity index is 0.00000364. The molecule has 8 heteroatoms. The third kappa shape index (κ3) is 9.06. The molecule has 0 saturated carbocycles. The number of hydrogen-bond acceptors (Lipinski definition) is 5. The fourth-order valence-electron chi connectivity index (χ4n) is 3.14. The maximum absolute atomic E-state index is 4.69. The Labute approximate surface area is 186 Å². The molecule has 156 valence electrons. The van der Waals surface area contributed by atoms with Crippen molar-refractivity contribution in [3.63, 3.8) is 0 Å². The average molecular weight is 509 g/mol. The number of aryl methyl sites for hydroxylation is 1. The van der Waals surface area contributed by atoms with Crippen LogP contribution < -0.4 is 10.6 Å². The summed E-state index contributed by atoms with van der Waals surface area (Å²) in [6.07, 6.45) is 3.01. The third-order valence-corrected chi connectivity index (χ3v) is 5.89. The maximum atomic E-state index is 4.69. The number of thiazole rings is 1. The van der Waals surface area contributed by atoms with Crippen molar-refractivity contribution in [1.29, 1.82) is 0 Å². The van der Waals surface area contributed by atoms with Crippen molar-refractivity contribution in [3.05, 3.63) is 16.1 Å². The molecule has 0 bridgehead atoms. The van der Waals surface area contributed by atoms with E-state index < -0.39 is 0 Å². The molecule has 1 aliphatic heterocycles. The van der Waals surface area contributed by atoms with Gasteiger partial charge in [0.1, 0.15) is 5.01 Å². The van der Waals surface area contributed by atoms with E-state index in [1.165, 1.54) is 37.6 Å². The first kappa shape index (κ1) is 24.6. The molecule has 1 aromatic rings. The highest BCUT2D eigenvalue weighted by molar-refractivity contribution is 14.0. The molecule has 1 saturated heterocycles. The molecule has 0 aromatic carbocycles. The molecule has 1 atom stereocenters. The van der Waals surface area contributed by atoms with E-state index in [9.17, 15) is 0 Å². The molecule has 1 unspecified atom stereocenters. The van der Waals surface area contributed by atoms with Gasteiger partial charge >= 0.3 is 0 Å². The predicted octanol–water partition coefficient (Wildman–Crippen LogP) is 2.65. The van der Waals surface area contributed by atoms with E-state index in [-0.39, 0.29) is 24.0 Å². The lowest BCUT2D eigenvalue weighted by Crippen LogP contribution is -2.48. The van der Waals surface area contributed by atoms with Crippen molar-refractivity contribution in [2.24, 2.45) is 10.9 Å². The predicted molar refractivity (Wildman–Crippen MR) is 127 cm³/mol. The van der Waals surface area contributed by atoms with E-state index in [2.05, 4.69) is 53.1 Å². The van der Waals surface area contributed by atoms with E-state index in [1.807, 2.05) is 6.20 Å². The number of likely N-dealkylation sites (N-methyl/N-ethyl adjacent to an activating group) is 1. The number of hydrogen-bond donors (Lipinski definition) is 2. The van der Waals surface area contributed by atoms with Gasteiger partial charge in [-0.1, -0.05) is 20.8 Å². The maximum Gasteiger partial charge on any atom is 0.191 e. The number of aliphatic imine (C=N–C) groups is 1. The Morgan fingerprint density at radius 2 is 1.89 bits per heavy atom. The van der Waals surface area contributed by atoms with Gasteiger partial charge in [-0.05, 0) is 25.8 Å². The zero-order chi connectivity index (χ0) is 18.8. The number of rotatable bonds is 9. The summed E-state index contributed by atoms with van der Waals surface area (Å²) in [5, 5.41) is 7.93. The van der Waals surface area contributed by atoms with Crippen LogP contribution in [0.15, 0.2) is 11.2 Å². The van der Waals surface area contributed by atoms with Gasteiger partial charge in [-0.3, -0.25) is 0 Å². The molecule has 1 fully saturated rings. The molecule has 1 aliphatic rings. The lowest BCUT2D eigenvalue weighted by atomic mass is 10.1. The number of guanidine groups is 1. The van der Waals surface area contributed by atoms with Gasteiger partial charge in [0.2, 0.25) is 0 Å². The molecule has 2 rings (SSSR count). The van der Waals surface area contributed by atoms with Gasteiger partial charge in [0.05, 0.1) is 6.54 Å². The minimum Gasteiger partial charge on any atom is -0.357 e. The first-order valence-corrected chi connectivity index (χ1v) is 10.9. The van der Waals surface area contributed by atoms with Crippen LogP contribution in [0.2, 0.25) is 0 Å². The standard InChI is InChI=1S/C19H36N6S.HI/c1-5-17-13-21-18(26-17)14-23-19(20-6-2)22-12-16(4)15-25-10-8-24(7-3)9-11-25;/h13,16H,5-12,14-15H2,1-4H3,(H2,20,22,23);1H. The molecular formula is C19H37IN6S. The fraction of sp³-hybridized carbons (Fsp3) is 0.789. The molecular weight excluding hydrogens is 471 g/mol. The second kappa shape index (κ2) is 13.7. The third-order valence-electron chi connectivity index (χ3n) is 4.77. The SMILES string of the molecule is CCNC(=NCc1ncc(CC)s1)NCC(C)CN1CCN(CC)CC1.I. The Bertz CT molecular complexity index is 542. The van der Waals surface area contributed by atoms with Gasteiger partial charge in [-0.2, -0.15) is 0 Å². The van der Waals surface area contributed by atoms with Crippen LogP contribution in [0.4, 0.5) is 0 Å². The van der Waals surface area contributed by atoms with E-state index >= 15 is 0 Å². The van der Waals surface area contributed by atoms with Crippen LogP contribution in [0.1, 0.15) is 37.6 Å². The number of nitrogens with one attached hydrogen (secondary N) is 2. The molecule has 1 aromatic heterocycles. The summed E-state index contributed by atoms with van der Waals surface area (Å²) in [6, 6.07) is 0. The summed E-state index contributed by atoms with van der Waals surface area (Å²) < 4.78 is 0. The first-order valence-electron chi connectivity index (χ1n) is 10.0. The molecule has 2 N–H and O–H groups in total. The Morgan fingerprint density at radius 3 is 2.48 bits per heavy atom. The van der Waals surface area contributed by atoms with Crippen LogP contribution in [0, 0.1) is 5.92 Å². The highest BCUT2D eigenvalue weighted by Crippen LogP contribution is 2.14. The average Bonchev–Trinajstić information content (AvgIpc) is 3.13. The summed E-state index contributed by atoms with van der Waals surface area (Å²) in [5.74, 6) is 1.49. The van der Waals surface area contributed by atoms with Gasteiger partial charge < -0.3 is 20.4 Å². The summed E-state index contributed by atoms with van der Waals surface area (Å²) in [7, 11) is 0.